The summed E-state index contributed by atoms with van der Waals surface area (Å²) in [6, 6.07) is 6.92. The molecule has 2 aromatic rings. The van der Waals surface area contributed by atoms with Gasteiger partial charge in [0.1, 0.15) is 0 Å². The summed E-state index contributed by atoms with van der Waals surface area (Å²) >= 11 is 1.20. The summed E-state index contributed by atoms with van der Waals surface area (Å²) in [5.74, 6) is -1.62. The van der Waals surface area contributed by atoms with E-state index in [1.807, 2.05) is 0 Å². The maximum Gasteiger partial charge on any atom is 0.359 e. The first-order valence-electron chi connectivity index (χ1n) is 6.79. The normalized spacial score (nSPS) is 10.0. The van der Waals surface area contributed by atoms with Gasteiger partial charge in [-0.2, -0.15) is 0 Å². The number of amides is 2. The predicted molar refractivity (Wildman–Crippen MR) is 87.3 cm³/mol. The first-order chi connectivity index (χ1) is 11.6. The number of esters is 1. The van der Waals surface area contributed by atoms with E-state index in [4.69, 9.17) is 10.5 Å². The molecule has 124 valence electrons. The molecule has 0 spiro atoms. The van der Waals surface area contributed by atoms with Gasteiger partial charge in [-0.25, -0.2) is 9.78 Å². The fraction of sp³-hybridized carbons (Fsp3) is 0.133. The van der Waals surface area contributed by atoms with Gasteiger partial charge < -0.3 is 15.8 Å². The van der Waals surface area contributed by atoms with Gasteiger partial charge in [-0.3, -0.25) is 14.6 Å². The summed E-state index contributed by atoms with van der Waals surface area (Å²) in [5, 5.41) is 2.62. The van der Waals surface area contributed by atoms with Crippen LogP contribution >= 0.6 is 11.8 Å². The minimum atomic E-state index is -0.741. The Kier molecular flexibility index (Phi) is 6.26. The Morgan fingerprint density at radius 1 is 1.21 bits per heavy atom. The molecule has 9 heteroatoms. The number of hydrogen-bond acceptors (Lipinski definition) is 7. The molecule has 1 aromatic heterocycles. The molecule has 0 aliphatic heterocycles. The largest absolute Gasteiger partial charge is 0.451 e. The van der Waals surface area contributed by atoms with Crippen LogP contribution in [0.4, 0.5) is 5.69 Å². The minimum Gasteiger partial charge on any atom is -0.451 e. The number of ether oxygens (including phenoxy) is 1. The van der Waals surface area contributed by atoms with Crippen molar-refractivity contribution in [3.05, 3.63) is 48.5 Å². The van der Waals surface area contributed by atoms with E-state index in [0.717, 1.165) is 0 Å². The Balaban J connectivity index is 1.90. The molecule has 2 amide bonds. The zero-order chi connectivity index (χ0) is 17.4. The molecular weight excluding hydrogens is 332 g/mol. The maximum absolute atomic E-state index is 11.9. The van der Waals surface area contributed by atoms with Crippen LogP contribution in [0.25, 0.3) is 0 Å². The van der Waals surface area contributed by atoms with Gasteiger partial charge in [0.25, 0.3) is 5.91 Å². The van der Waals surface area contributed by atoms with E-state index in [9.17, 15) is 14.4 Å². The van der Waals surface area contributed by atoms with Crippen molar-refractivity contribution in [2.75, 3.05) is 17.7 Å². The lowest BCUT2D eigenvalue weighted by Gasteiger charge is -2.10. The molecule has 3 N–H and O–H groups in total. The van der Waals surface area contributed by atoms with Crippen molar-refractivity contribution in [3.63, 3.8) is 0 Å². The Morgan fingerprint density at radius 3 is 2.71 bits per heavy atom. The molecule has 0 bridgehead atoms. The second-order valence-electron chi connectivity index (χ2n) is 4.47. The number of nitrogens with one attached hydrogen (secondary N) is 1. The summed E-state index contributed by atoms with van der Waals surface area (Å²) < 4.78 is 4.87. The van der Waals surface area contributed by atoms with E-state index in [0.29, 0.717) is 10.6 Å². The zero-order valence-corrected chi connectivity index (χ0v) is 13.3. The summed E-state index contributed by atoms with van der Waals surface area (Å²) in [6.45, 7) is -0.468. The van der Waals surface area contributed by atoms with E-state index in [-0.39, 0.29) is 11.4 Å². The number of hydrogen-bond donors (Lipinski definition) is 2. The zero-order valence-electron chi connectivity index (χ0n) is 12.5. The third kappa shape index (κ3) is 5.36. The molecule has 24 heavy (non-hydrogen) atoms. The topological polar surface area (TPSA) is 124 Å². The number of nitrogens with zero attached hydrogens (tertiary/aromatic N) is 2. The number of benzene rings is 1. The molecule has 1 heterocycles. The number of carbonyl (C=O) groups is 3. The molecule has 2 rings (SSSR count). The molecule has 0 radical (unpaired) electrons. The lowest BCUT2D eigenvalue weighted by molar-refractivity contribution is -0.119. The minimum absolute atomic E-state index is 0.0164. The van der Waals surface area contributed by atoms with Crippen LogP contribution in [0.5, 0.6) is 0 Å². The van der Waals surface area contributed by atoms with Crippen molar-refractivity contribution < 1.29 is 19.1 Å². The van der Waals surface area contributed by atoms with Crippen LogP contribution in [0.1, 0.15) is 10.5 Å². The van der Waals surface area contributed by atoms with Gasteiger partial charge in [-0.1, -0.05) is 12.1 Å². The second-order valence-corrected chi connectivity index (χ2v) is 5.48. The third-order valence-corrected chi connectivity index (χ3v) is 3.73. The van der Waals surface area contributed by atoms with Gasteiger partial charge in [0.2, 0.25) is 5.91 Å². The van der Waals surface area contributed by atoms with Crippen molar-refractivity contribution in [1.82, 2.24) is 9.97 Å². The Labute approximate surface area is 141 Å². The first kappa shape index (κ1) is 17.4. The number of thioether (sulfide) groups is 1. The summed E-state index contributed by atoms with van der Waals surface area (Å²) in [6.07, 6.45) is 4.02. The highest BCUT2D eigenvalue weighted by molar-refractivity contribution is 8.00. The van der Waals surface area contributed by atoms with Gasteiger partial charge in [0.15, 0.2) is 12.3 Å². The van der Waals surface area contributed by atoms with Gasteiger partial charge in [0, 0.05) is 17.3 Å². The standard InChI is InChI=1S/C15H14N4O4S/c16-13(20)9-24-12-4-2-1-3-10(12)19-14(21)8-23-15(22)11-7-17-5-6-18-11/h1-7H,8-9H2,(H2,16,20)(H,19,21). The molecule has 0 aliphatic carbocycles. The Hall–Kier alpha value is -2.94. The lowest BCUT2D eigenvalue weighted by Crippen LogP contribution is -2.21. The molecule has 0 aliphatic rings. The molecule has 1 aromatic carbocycles. The molecular formula is C15H14N4O4S. The van der Waals surface area contributed by atoms with Gasteiger partial charge >= 0.3 is 5.97 Å². The third-order valence-electron chi connectivity index (χ3n) is 2.64. The van der Waals surface area contributed by atoms with Crippen LogP contribution in [0, 0.1) is 0 Å². The van der Waals surface area contributed by atoms with Gasteiger partial charge in [0.05, 0.1) is 17.6 Å². The van der Waals surface area contributed by atoms with E-state index in [1.165, 1.54) is 30.4 Å². The first-order valence-corrected chi connectivity index (χ1v) is 7.78. The number of anilines is 1. The average molecular weight is 346 g/mol. The Bertz CT molecular complexity index is 739. The summed E-state index contributed by atoms with van der Waals surface area (Å²) in [4.78, 5) is 42.7. The van der Waals surface area contributed by atoms with Crippen molar-refractivity contribution in [3.8, 4) is 0 Å². The highest BCUT2D eigenvalue weighted by Gasteiger charge is 2.13. The van der Waals surface area contributed by atoms with Gasteiger partial charge in [-0.15, -0.1) is 11.8 Å². The number of rotatable bonds is 7. The lowest BCUT2D eigenvalue weighted by atomic mass is 10.3. The van der Waals surface area contributed by atoms with Crippen LogP contribution in [0.2, 0.25) is 0 Å². The average Bonchev–Trinajstić information content (AvgIpc) is 2.59. The molecule has 0 saturated heterocycles. The molecule has 0 saturated carbocycles. The van der Waals surface area contributed by atoms with E-state index >= 15 is 0 Å². The van der Waals surface area contributed by atoms with Crippen molar-refractivity contribution in [1.29, 1.82) is 0 Å². The Morgan fingerprint density at radius 2 is 2.00 bits per heavy atom. The number of aromatic nitrogens is 2. The fourth-order valence-corrected chi connectivity index (χ4v) is 2.39. The predicted octanol–water partition coefficient (Wildman–Crippen LogP) is 0.849. The molecule has 8 nitrogen and oxygen atoms in total. The van der Waals surface area contributed by atoms with Gasteiger partial charge in [-0.05, 0) is 12.1 Å². The number of para-hydroxylation sites is 1. The van der Waals surface area contributed by atoms with Crippen LogP contribution in [-0.2, 0) is 14.3 Å². The summed E-state index contributed by atoms with van der Waals surface area (Å²) in [7, 11) is 0. The second kappa shape index (κ2) is 8.63. The molecule has 0 atom stereocenters. The highest BCUT2D eigenvalue weighted by atomic mass is 32.2. The fourth-order valence-electron chi connectivity index (χ4n) is 1.64. The van der Waals surface area contributed by atoms with Crippen LogP contribution in [-0.4, -0.2) is 40.1 Å². The van der Waals surface area contributed by atoms with E-state index in [2.05, 4.69) is 15.3 Å². The number of nitrogens with two attached hydrogens (primary N) is 1. The van der Waals surface area contributed by atoms with Crippen LogP contribution < -0.4 is 11.1 Å². The SMILES string of the molecule is NC(=O)CSc1ccccc1NC(=O)COC(=O)c1cnccn1. The number of primary amides is 1. The van der Waals surface area contributed by atoms with E-state index < -0.39 is 24.4 Å². The quantitative estimate of drug-likeness (QED) is 0.562. The van der Waals surface area contributed by atoms with E-state index in [1.54, 1.807) is 24.3 Å². The van der Waals surface area contributed by atoms with Crippen molar-refractivity contribution in [2.24, 2.45) is 5.73 Å². The van der Waals surface area contributed by atoms with Crippen molar-refractivity contribution >= 4 is 35.2 Å². The van der Waals surface area contributed by atoms with Crippen molar-refractivity contribution in [2.45, 2.75) is 4.90 Å². The number of carbonyl (C=O) groups excluding carboxylic acids is 3. The monoisotopic (exact) mass is 346 g/mol. The van der Waals surface area contributed by atoms with Crippen LogP contribution in [0.3, 0.4) is 0 Å². The molecule has 0 fully saturated rings. The maximum atomic E-state index is 11.9. The summed E-state index contributed by atoms with van der Waals surface area (Å²) in [5.41, 5.74) is 5.63. The molecule has 0 unspecified atom stereocenters. The smallest absolute Gasteiger partial charge is 0.359 e. The highest BCUT2D eigenvalue weighted by Crippen LogP contribution is 2.26. The van der Waals surface area contributed by atoms with Crippen LogP contribution in [0.15, 0.2) is 47.8 Å².